The summed E-state index contributed by atoms with van der Waals surface area (Å²) in [6, 6.07) is 9.64. The summed E-state index contributed by atoms with van der Waals surface area (Å²) >= 11 is 0. The third kappa shape index (κ3) is 4.25. The third-order valence-electron chi connectivity index (χ3n) is 3.43. The van der Waals surface area contributed by atoms with Gasteiger partial charge in [-0.15, -0.1) is 0 Å². The van der Waals surface area contributed by atoms with Crippen molar-refractivity contribution in [1.82, 2.24) is 0 Å². The van der Waals surface area contributed by atoms with E-state index in [4.69, 9.17) is 24.1 Å². The highest BCUT2D eigenvalue weighted by molar-refractivity contribution is 5.13. The van der Waals surface area contributed by atoms with Gasteiger partial charge in [0.25, 0.3) is 0 Å². The zero-order valence-electron chi connectivity index (χ0n) is 13.0. The van der Waals surface area contributed by atoms with Crippen LogP contribution in [-0.2, 0) is 25.6 Å². The molecule has 0 aliphatic carbocycles. The van der Waals surface area contributed by atoms with Crippen LogP contribution in [0.4, 0.5) is 0 Å². The predicted octanol–water partition coefficient (Wildman–Crippen LogP) is 1.05. The molecule has 0 bridgehead atoms. The molecule has 2 N–H and O–H groups in total. The van der Waals surface area contributed by atoms with Gasteiger partial charge < -0.3 is 29.2 Å². The molecule has 0 saturated carbocycles. The van der Waals surface area contributed by atoms with Crippen molar-refractivity contribution in [1.29, 1.82) is 0 Å². The average molecular weight is 312 g/mol. The molecule has 1 aliphatic heterocycles. The molecule has 6 heteroatoms. The smallest absolute Gasteiger partial charge is 0.224 e. The zero-order valence-corrected chi connectivity index (χ0v) is 13.0. The molecule has 1 aliphatic rings. The van der Waals surface area contributed by atoms with Gasteiger partial charge in [0.15, 0.2) is 5.79 Å². The van der Waals surface area contributed by atoms with Crippen LogP contribution in [0, 0.1) is 0 Å². The fourth-order valence-corrected chi connectivity index (χ4v) is 2.38. The van der Waals surface area contributed by atoms with Crippen LogP contribution in [0.5, 0.6) is 0 Å². The van der Waals surface area contributed by atoms with E-state index in [1.165, 1.54) is 0 Å². The number of ether oxygens (including phenoxy) is 4. The minimum absolute atomic E-state index is 0.0740. The molecule has 6 nitrogen and oxygen atoms in total. The highest BCUT2D eigenvalue weighted by Gasteiger charge is 2.52. The number of aliphatic hydroxyl groups excluding tert-OH is 2. The molecule has 2 unspecified atom stereocenters. The Balaban J connectivity index is 2.06. The van der Waals surface area contributed by atoms with Crippen LogP contribution >= 0.6 is 0 Å². The van der Waals surface area contributed by atoms with Crippen LogP contribution in [0.1, 0.15) is 19.4 Å². The summed E-state index contributed by atoms with van der Waals surface area (Å²) in [4.78, 5) is 0. The predicted molar refractivity (Wildman–Crippen MR) is 79.0 cm³/mol. The summed E-state index contributed by atoms with van der Waals surface area (Å²) in [5.74, 6) is -2.06. The largest absolute Gasteiger partial charge is 0.394 e. The highest BCUT2D eigenvalue weighted by Crippen LogP contribution is 2.36. The van der Waals surface area contributed by atoms with E-state index >= 15 is 0 Å². The van der Waals surface area contributed by atoms with Crippen molar-refractivity contribution in [3.63, 3.8) is 0 Å². The minimum Gasteiger partial charge on any atom is -0.394 e. The summed E-state index contributed by atoms with van der Waals surface area (Å²) in [5, 5.41) is 18.7. The van der Waals surface area contributed by atoms with Gasteiger partial charge in [-0.1, -0.05) is 30.3 Å². The monoisotopic (exact) mass is 312 g/mol. The Morgan fingerprint density at radius 1 is 1.23 bits per heavy atom. The van der Waals surface area contributed by atoms with E-state index in [0.717, 1.165) is 5.56 Å². The van der Waals surface area contributed by atoms with Gasteiger partial charge in [0.05, 0.1) is 26.4 Å². The molecule has 1 heterocycles. The lowest BCUT2D eigenvalue weighted by Gasteiger charge is -2.35. The molecule has 2 rings (SSSR count). The molecular weight excluding hydrogens is 288 g/mol. The lowest BCUT2D eigenvalue weighted by atomic mass is 10.1. The fourth-order valence-electron chi connectivity index (χ4n) is 2.38. The summed E-state index contributed by atoms with van der Waals surface area (Å²) in [7, 11) is 0. The Bertz CT molecular complexity index is 449. The zero-order chi connectivity index (χ0) is 16.1. The van der Waals surface area contributed by atoms with Crippen LogP contribution in [-0.4, -0.2) is 54.3 Å². The van der Waals surface area contributed by atoms with Gasteiger partial charge in [-0.3, -0.25) is 0 Å². The molecule has 124 valence electrons. The maximum absolute atomic E-state index is 9.70. The molecule has 22 heavy (non-hydrogen) atoms. The van der Waals surface area contributed by atoms with Gasteiger partial charge in [-0.2, -0.15) is 0 Å². The lowest BCUT2D eigenvalue weighted by Crippen LogP contribution is -2.52. The van der Waals surface area contributed by atoms with Crippen molar-refractivity contribution < 1.29 is 29.2 Å². The number of rotatable bonds is 8. The van der Waals surface area contributed by atoms with Crippen molar-refractivity contribution in [3.05, 3.63) is 35.9 Å². The summed E-state index contributed by atoms with van der Waals surface area (Å²) in [5.41, 5.74) is 0.983. The molecule has 0 spiro atoms. The Morgan fingerprint density at radius 2 is 1.95 bits per heavy atom. The fraction of sp³-hybridized carbons (Fsp3) is 0.625. The third-order valence-corrected chi connectivity index (χ3v) is 3.43. The molecule has 1 saturated heterocycles. The maximum atomic E-state index is 9.70. The van der Waals surface area contributed by atoms with E-state index in [1.807, 2.05) is 30.3 Å². The molecule has 2 atom stereocenters. The van der Waals surface area contributed by atoms with Gasteiger partial charge in [-0.25, -0.2) is 0 Å². The van der Waals surface area contributed by atoms with Crippen molar-refractivity contribution in [3.8, 4) is 0 Å². The number of hydrogen-bond donors (Lipinski definition) is 2. The van der Waals surface area contributed by atoms with Gasteiger partial charge in [0.1, 0.15) is 12.7 Å². The molecule has 1 aromatic rings. The second-order valence-corrected chi connectivity index (χ2v) is 5.64. The Hall–Kier alpha value is -1.02. The number of aliphatic hydroxyl groups is 2. The quantitative estimate of drug-likeness (QED) is 0.747. The Kier molecular flexibility index (Phi) is 5.91. The van der Waals surface area contributed by atoms with Gasteiger partial charge in [0, 0.05) is 0 Å². The average Bonchev–Trinajstić information content (AvgIpc) is 2.83. The van der Waals surface area contributed by atoms with Gasteiger partial charge >= 0.3 is 0 Å². The first-order chi connectivity index (χ1) is 10.5. The first-order valence-electron chi connectivity index (χ1n) is 7.37. The van der Waals surface area contributed by atoms with Crippen molar-refractivity contribution in [2.75, 3.05) is 26.4 Å². The molecule has 0 radical (unpaired) electrons. The number of hydrogen-bond acceptors (Lipinski definition) is 6. The first-order valence-corrected chi connectivity index (χ1v) is 7.37. The minimum atomic E-state index is -1.23. The topological polar surface area (TPSA) is 77.4 Å². The van der Waals surface area contributed by atoms with E-state index in [0.29, 0.717) is 6.61 Å². The van der Waals surface area contributed by atoms with Gasteiger partial charge in [0.2, 0.25) is 5.79 Å². The second-order valence-electron chi connectivity index (χ2n) is 5.64. The molecule has 0 aromatic heterocycles. The molecule has 1 fully saturated rings. The van der Waals surface area contributed by atoms with Crippen LogP contribution in [0.3, 0.4) is 0 Å². The van der Waals surface area contributed by atoms with Crippen LogP contribution in [0.2, 0.25) is 0 Å². The normalized spacial score (nSPS) is 25.3. The van der Waals surface area contributed by atoms with E-state index in [9.17, 15) is 5.11 Å². The van der Waals surface area contributed by atoms with Crippen LogP contribution in [0.25, 0.3) is 0 Å². The van der Waals surface area contributed by atoms with Crippen LogP contribution < -0.4 is 0 Å². The SMILES string of the molecule is CC1(C)OCC(OCCO)(C(CO)OCc2ccccc2)O1. The maximum Gasteiger partial charge on any atom is 0.224 e. The number of benzene rings is 1. The van der Waals surface area contributed by atoms with E-state index in [-0.39, 0.29) is 26.4 Å². The van der Waals surface area contributed by atoms with Gasteiger partial charge in [-0.05, 0) is 19.4 Å². The summed E-state index contributed by atoms with van der Waals surface area (Å²) in [6.45, 7) is 3.62. The van der Waals surface area contributed by atoms with Crippen molar-refractivity contribution in [2.45, 2.75) is 38.1 Å². The van der Waals surface area contributed by atoms with Crippen molar-refractivity contribution in [2.24, 2.45) is 0 Å². The highest BCUT2D eigenvalue weighted by atomic mass is 16.8. The van der Waals surface area contributed by atoms with E-state index < -0.39 is 17.7 Å². The molecule has 0 amide bonds. The summed E-state index contributed by atoms with van der Waals surface area (Å²) in [6.07, 6.45) is -0.721. The Labute approximate surface area is 130 Å². The Morgan fingerprint density at radius 3 is 2.50 bits per heavy atom. The standard InChI is InChI=1S/C16H24O6/c1-15(2)21-12-16(22-15,20-9-8-17)14(10-18)19-11-13-6-4-3-5-7-13/h3-7,14,17-18H,8-12H2,1-2H3. The second kappa shape index (κ2) is 7.50. The molecular formula is C16H24O6. The lowest BCUT2D eigenvalue weighted by molar-refractivity contribution is -0.304. The van der Waals surface area contributed by atoms with E-state index in [1.54, 1.807) is 13.8 Å². The van der Waals surface area contributed by atoms with Crippen LogP contribution in [0.15, 0.2) is 30.3 Å². The van der Waals surface area contributed by atoms with Crippen molar-refractivity contribution >= 4 is 0 Å². The molecule has 1 aromatic carbocycles. The summed E-state index contributed by atoms with van der Waals surface area (Å²) < 4.78 is 22.8. The van der Waals surface area contributed by atoms with E-state index in [2.05, 4.69) is 0 Å². The first kappa shape index (κ1) is 17.3.